The van der Waals surface area contributed by atoms with E-state index in [2.05, 4.69) is 15.6 Å². The van der Waals surface area contributed by atoms with Crippen molar-refractivity contribution in [2.45, 2.75) is 13.8 Å². The molecule has 138 valence electrons. The number of rotatable bonds is 5. The lowest BCUT2D eigenvalue weighted by molar-refractivity contribution is 0.0526. The fraction of sp³-hybridized carbons (Fsp3) is 0.150. The number of amides is 2. The van der Waals surface area contributed by atoms with E-state index >= 15 is 0 Å². The topological polar surface area (TPSA) is 80.3 Å². The predicted octanol–water partition coefficient (Wildman–Crippen LogP) is 4.94. The van der Waals surface area contributed by atoms with Crippen LogP contribution in [0.15, 0.2) is 53.9 Å². The lowest BCUT2D eigenvalue weighted by Crippen LogP contribution is -2.20. The number of hydrogen-bond donors (Lipinski definition) is 2. The number of esters is 1. The van der Waals surface area contributed by atoms with E-state index in [0.717, 1.165) is 16.3 Å². The molecular formula is C20H19N3O3S. The molecule has 0 aliphatic carbocycles. The minimum Gasteiger partial charge on any atom is -0.462 e. The summed E-state index contributed by atoms with van der Waals surface area (Å²) >= 11 is 1.62. The Balaban J connectivity index is 1.63. The highest BCUT2D eigenvalue weighted by atomic mass is 32.1. The fourth-order valence-corrected chi connectivity index (χ4v) is 3.14. The van der Waals surface area contributed by atoms with Crippen molar-refractivity contribution in [2.75, 3.05) is 17.2 Å². The molecule has 0 saturated carbocycles. The smallest absolute Gasteiger partial charge is 0.338 e. The van der Waals surface area contributed by atoms with Gasteiger partial charge in [0.15, 0.2) is 0 Å². The summed E-state index contributed by atoms with van der Waals surface area (Å²) in [6.07, 6.45) is 0. The van der Waals surface area contributed by atoms with E-state index in [1.54, 1.807) is 42.5 Å². The van der Waals surface area contributed by atoms with Gasteiger partial charge < -0.3 is 15.4 Å². The predicted molar refractivity (Wildman–Crippen MR) is 107 cm³/mol. The zero-order valence-electron chi connectivity index (χ0n) is 15.0. The third kappa shape index (κ3) is 4.71. The molecule has 2 amide bonds. The van der Waals surface area contributed by atoms with Crippen molar-refractivity contribution in [3.05, 3.63) is 65.2 Å². The van der Waals surface area contributed by atoms with Crippen molar-refractivity contribution in [3.63, 3.8) is 0 Å². The third-order valence-electron chi connectivity index (χ3n) is 3.76. The van der Waals surface area contributed by atoms with Crippen LogP contribution in [-0.2, 0) is 4.74 Å². The summed E-state index contributed by atoms with van der Waals surface area (Å²) in [5, 5.41) is 7.52. The molecule has 0 bridgehead atoms. The summed E-state index contributed by atoms with van der Waals surface area (Å²) in [7, 11) is 0. The van der Waals surface area contributed by atoms with Gasteiger partial charge >= 0.3 is 12.0 Å². The van der Waals surface area contributed by atoms with Crippen LogP contribution >= 0.6 is 11.3 Å². The first-order valence-electron chi connectivity index (χ1n) is 8.43. The minimum absolute atomic E-state index is 0.319. The van der Waals surface area contributed by atoms with Crippen LogP contribution in [-0.4, -0.2) is 23.6 Å². The Hall–Kier alpha value is -3.19. The van der Waals surface area contributed by atoms with E-state index in [-0.39, 0.29) is 12.0 Å². The number of pyridine rings is 1. The molecule has 27 heavy (non-hydrogen) atoms. The van der Waals surface area contributed by atoms with Crippen LogP contribution in [0.25, 0.3) is 10.6 Å². The lowest BCUT2D eigenvalue weighted by atomic mass is 10.2. The Kier molecular flexibility index (Phi) is 5.83. The van der Waals surface area contributed by atoms with Crippen molar-refractivity contribution < 1.29 is 14.3 Å². The molecule has 2 N–H and O–H groups in total. The largest absolute Gasteiger partial charge is 0.462 e. The van der Waals surface area contributed by atoms with Crippen LogP contribution in [0, 0.1) is 6.92 Å². The fourth-order valence-electron chi connectivity index (χ4n) is 2.44. The van der Waals surface area contributed by atoms with Gasteiger partial charge in [-0.15, -0.1) is 11.3 Å². The number of urea groups is 1. The molecule has 0 radical (unpaired) electrons. The van der Waals surface area contributed by atoms with E-state index in [1.807, 2.05) is 36.6 Å². The Morgan fingerprint density at radius 2 is 1.85 bits per heavy atom. The first-order chi connectivity index (χ1) is 13.1. The SMILES string of the molecule is CCOC(=O)c1ccc(NC(=O)Nc2ccc(-c3cccs3)nc2C)cc1. The van der Waals surface area contributed by atoms with Crippen molar-refractivity contribution in [1.82, 2.24) is 4.98 Å². The van der Waals surface area contributed by atoms with Crippen molar-refractivity contribution in [2.24, 2.45) is 0 Å². The number of nitrogens with zero attached hydrogens (tertiary/aromatic N) is 1. The summed E-state index contributed by atoms with van der Waals surface area (Å²) in [5.41, 5.74) is 3.25. The zero-order valence-corrected chi connectivity index (χ0v) is 15.8. The molecule has 1 aromatic carbocycles. The van der Waals surface area contributed by atoms with Gasteiger partial charge in [-0.3, -0.25) is 4.98 Å². The van der Waals surface area contributed by atoms with Gasteiger partial charge in [-0.05, 0) is 61.7 Å². The Bertz CT molecular complexity index is 938. The molecule has 0 fully saturated rings. The first-order valence-corrected chi connectivity index (χ1v) is 9.31. The molecule has 0 spiro atoms. The number of anilines is 2. The van der Waals surface area contributed by atoms with E-state index in [1.165, 1.54) is 0 Å². The highest BCUT2D eigenvalue weighted by molar-refractivity contribution is 7.13. The zero-order chi connectivity index (χ0) is 19.2. The lowest BCUT2D eigenvalue weighted by Gasteiger charge is -2.11. The number of carbonyl (C=O) groups excluding carboxylic acids is 2. The molecule has 0 unspecified atom stereocenters. The van der Waals surface area contributed by atoms with E-state index < -0.39 is 0 Å². The van der Waals surface area contributed by atoms with Crippen molar-refractivity contribution >= 4 is 34.7 Å². The molecule has 0 aliphatic heterocycles. The second-order valence-corrected chi connectivity index (χ2v) is 6.63. The number of hydrogen-bond acceptors (Lipinski definition) is 5. The molecule has 2 heterocycles. The Morgan fingerprint density at radius 1 is 1.07 bits per heavy atom. The highest BCUT2D eigenvalue weighted by Crippen LogP contribution is 2.25. The number of nitrogens with one attached hydrogen (secondary N) is 2. The first kappa shape index (κ1) is 18.6. The molecule has 3 rings (SSSR count). The Morgan fingerprint density at radius 3 is 2.48 bits per heavy atom. The normalized spacial score (nSPS) is 10.3. The standard InChI is InChI=1S/C20H19N3O3S/c1-3-26-19(24)14-6-8-15(9-7-14)22-20(25)23-16-10-11-17(21-13(16)2)18-5-4-12-27-18/h4-12H,3H2,1-2H3,(H2,22,23,25). The van der Waals surface area contributed by atoms with Crippen LogP contribution < -0.4 is 10.6 Å². The second kappa shape index (κ2) is 8.46. The molecule has 0 atom stereocenters. The van der Waals surface area contributed by atoms with E-state index in [9.17, 15) is 9.59 Å². The van der Waals surface area contributed by atoms with Crippen molar-refractivity contribution in [1.29, 1.82) is 0 Å². The molecular weight excluding hydrogens is 362 g/mol. The number of aromatic nitrogens is 1. The molecule has 2 aromatic heterocycles. The van der Waals surface area contributed by atoms with Gasteiger partial charge in [0, 0.05) is 5.69 Å². The van der Waals surface area contributed by atoms with Gasteiger partial charge in [0.1, 0.15) is 0 Å². The minimum atomic E-state index is -0.388. The summed E-state index contributed by atoms with van der Waals surface area (Å²) in [4.78, 5) is 29.5. The molecule has 0 aliphatic rings. The van der Waals surface area contributed by atoms with Crippen LogP contribution in [0.2, 0.25) is 0 Å². The van der Waals surface area contributed by atoms with Gasteiger partial charge in [0.25, 0.3) is 0 Å². The number of aryl methyl sites for hydroxylation is 1. The number of benzene rings is 1. The third-order valence-corrected chi connectivity index (χ3v) is 4.65. The Labute approximate surface area is 161 Å². The summed E-state index contributed by atoms with van der Waals surface area (Å²) in [6.45, 7) is 3.92. The number of thiophene rings is 1. The number of ether oxygens (including phenoxy) is 1. The maximum Gasteiger partial charge on any atom is 0.338 e. The maximum absolute atomic E-state index is 12.2. The van der Waals surface area contributed by atoms with Gasteiger partial charge in [-0.2, -0.15) is 0 Å². The molecule has 7 heteroatoms. The highest BCUT2D eigenvalue weighted by Gasteiger charge is 2.10. The van der Waals surface area contributed by atoms with Gasteiger partial charge in [-0.25, -0.2) is 9.59 Å². The van der Waals surface area contributed by atoms with Crippen LogP contribution in [0.5, 0.6) is 0 Å². The molecule has 3 aromatic rings. The molecule has 0 saturated heterocycles. The second-order valence-electron chi connectivity index (χ2n) is 5.68. The van der Waals surface area contributed by atoms with Crippen LogP contribution in [0.1, 0.15) is 23.0 Å². The van der Waals surface area contributed by atoms with Gasteiger partial charge in [0.2, 0.25) is 0 Å². The van der Waals surface area contributed by atoms with Crippen LogP contribution in [0.3, 0.4) is 0 Å². The average molecular weight is 381 g/mol. The summed E-state index contributed by atoms with van der Waals surface area (Å²) in [6, 6.07) is 13.8. The molecule has 6 nitrogen and oxygen atoms in total. The monoisotopic (exact) mass is 381 g/mol. The average Bonchev–Trinajstić information content (AvgIpc) is 3.19. The van der Waals surface area contributed by atoms with E-state index in [0.29, 0.717) is 23.5 Å². The van der Waals surface area contributed by atoms with Gasteiger partial charge in [0.05, 0.1) is 34.1 Å². The van der Waals surface area contributed by atoms with Gasteiger partial charge in [-0.1, -0.05) is 6.07 Å². The number of carbonyl (C=O) groups is 2. The van der Waals surface area contributed by atoms with Crippen LogP contribution in [0.4, 0.5) is 16.2 Å². The summed E-state index contributed by atoms with van der Waals surface area (Å²) < 4.78 is 4.93. The van der Waals surface area contributed by atoms with Crippen molar-refractivity contribution in [3.8, 4) is 10.6 Å². The quantitative estimate of drug-likeness (QED) is 0.614. The maximum atomic E-state index is 12.2. The van der Waals surface area contributed by atoms with E-state index in [4.69, 9.17) is 4.74 Å². The summed E-state index contributed by atoms with van der Waals surface area (Å²) in [5.74, 6) is -0.388.